The van der Waals surface area contributed by atoms with E-state index in [0.29, 0.717) is 5.02 Å². The Bertz CT molecular complexity index is 349. The predicted octanol–water partition coefficient (Wildman–Crippen LogP) is 3.43. The lowest BCUT2D eigenvalue weighted by atomic mass is 10.2. The van der Waals surface area contributed by atoms with E-state index in [1.54, 1.807) is 0 Å². The van der Waals surface area contributed by atoms with Gasteiger partial charge in [-0.05, 0) is 12.1 Å². The highest BCUT2D eigenvalue weighted by atomic mass is 35.5. The van der Waals surface area contributed by atoms with Gasteiger partial charge in [-0.25, -0.2) is 4.79 Å². The first-order valence-electron chi connectivity index (χ1n) is 3.29. The van der Waals surface area contributed by atoms with Crippen LogP contribution in [0, 0.1) is 0 Å². The van der Waals surface area contributed by atoms with Crippen molar-refractivity contribution in [2.75, 3.05) is 7.11 Å². The number of ether oxygens (including phenoxy) is 1. The van der Waals surface area contributed by atoms with Crippen molar-refractivity contribution in [1.82, 2.24) is 0 Å². The lowest BCUT2D eigenvalue weighted by Crippen LogP contribution is -2.02. The molecule has 0 fully saturated rings. The minimum atomic E-state index is -0.538. The van der Waals surface area contributed by atoms with Crippen LogP contribution >= 0.6 is 34.8 Å². The molecular weight excluding hydrogens is 234 g/mol. The second-order valence-electron chi connectivity index (χ2n) is 2.21. The summed E-state index contributed by atoms with van der Waals surface area (Å²) in [4.78, 5) is 11.1. The van der Waals surface area contributed by atoms with E-state index in [-0.39, 0.29) is 15.6 Å². The first kappa shape index (κ1) is 10.6. The van der Waals surface area contributed by atoms with Crippen molar-refractivity contribution in [1.29, 1.82) is 0 Å². The van der Waals surface area contributed by atoms with Gasteiger partial charge >= 0.3 is 5.97 Å². The molecule has 0 bridgehead atoms. The molecule has 1 aromatic carbocycles. The Morgan fingerprint density at radius 1 is 1.23 bits per heavy atom. The third kappa shape index (κ3) is 2.08. The molecule has 13 heavy (non-hydrogen) atoms. The van der Waals surface area contributed by atoms with Crippen molar-refractivity contribution in [2.45, 2.75) is 0 Å². The molecule has 0 atom stereocenters. The Kier molecular flexibility index (Phi) is 3.42. The molecule has 0 saturated heterocycles. The van der Waals surface area contributed by atoms with Crippen LogP contribution in [0.15, 0.2) is 12.1 Å². The van der Waals surface area contributed by atoms with E-state index >= 15 is 0 Å². The Labute approximate surface area is 90.3 Å². The van der Waals surface area contributed by atoms with Crippen LogP contribution in [0.25, 0.3) is 0 Å². The number of hydrogen-bond donors (Lipinski definition) is 0. The van der Waals surface area contributed by atoms with E-state index in [2.05, 4.69) is 4.74 Å². The monoisotopic (exact) mass is 238 g/mol. The lowest BCUT2D eigenvalue weighted by molar-refractivity contribution is 0.0601. The molecule has 70 valence electrons. The molecule has 0 aliphatic rings. The summed E-state index contributed by atoms with van der Waals surface area (Å²) in [5, 5.41) is 0.576. The van der Waals surface area contributed by atoms with Gasteiger partial charge in [-0.1, -0.05) is 34.8 Å². The quantitative estimate of drug-likeness (QED) is 0.554. The van der Waals surface area contributed by atoms with Crippen LogP contribution in [0.5, 0.6) is 0 Å². The fraction of sp³-hybridized carbons (Fsp3) is 0.125. The summed E-state index contributed by atoms with van der Waals surface area (Å²) in [5.41, 5.74) is 0.207. The largest absolute Gasteiger partial charge is 0.465 e. The SMILES string of the molecule is COC(=O)c1ccc(Cl)c(Cl)c1Cl. The van der Waals surface area contributed by atoms with E-state index in [1.807, 2.05) is 0 Å². The molecule has 0 amide bonds. The zero-order valence-electron chi connectivity index (χ0n) is 6.61. The van der Waals surface area contributed by atoms with Crippen LogP contribution in [0.4, 0.5) is 0 Å². The molecule has 0 N–H and O–H groups in total. The molecule has 0 heterocycles. The minimum absolute atomic E-state index is 0.112. The number of esters is 1. The number of rotatable bonds is 1. The third-order valence-electron chi connectivity index (χ3n) is 1.44. The Morgan fingerprint density at radius 2 is 1.85 bits per heavy atom. The number of benzene rings is 1. The average Bonchev–Trinajstić information content (AvgIpc) is 2.13. The summed E-state index contributed by atoms with van der Waals surface area (Å²) in [6.45, 7) is 0. The lowest BCUT2D eigenvalue weighted by Gasteiger charge is -2.04. The van der Waals surface area contributed by atoms with Gasteiger partial charge in [0.25, 0.3) is 0 Å². The van der Waals surface area contributed by atoms with E-state index < -0.39 is 5.97 Å². The molecule has 0 aliphatic heterocycles. The van der Waals surface area contributed by atoms with Gasteiger partial charge in [0.2, 0.25) is 0 Å². The van der Waals surface area contributed by atoms with Gasteiger partial charge in [0.15, 0.2) is 0 Å². The fourth-order valence-corrected chi connectivity index (χ4v) is 1.41. The molecule has 2 nitrogen and oxygen atoms in total. The number of carbonyl (C=O) groups excluding carboxylic acids is 1. The predicted molar refractivity (Wildman–Crippen MR) is 52.8 cm³/mol. The molecule has 1 aromatic rings. The van der Waals surface area contributed by atoms with Crippen molar-refractivity contribution in [3.05, 3.63) is 32.8 Å². The zero-order chi connectivity index (χ0) is 10.0. The van der Waals surface area contributed by atoms with E-state index in [1.165, 1.54) is 19.2 Å². The Morgan fingerprint density at radius 3 is 2.38 bits per heavy atom. The molecule has 0 aliphatic carbocycles. The van der Waals surface area contributed by atoms with Crippen molar-refractivity contribution >= 4 is 40.8 Å². The van der Waals surface area contributed by atoms with E-state index in [9.17, 15) is 4.79 Å². The van der Waals surface area contributed by atoms with Crippen LogP contribution in [-0.4, -0.2) is 13.1 Å². The maximum Gasteiger partial charge on any atom is 0.339 e. The van der Waals surface area contributed by atoms with Crippen LogP contribution in [0.1, 0.15) is 10.4 Å². The van der Waals surface area contributed by atoms with Crippen molar-refractivity contribution in [3.63, 3.8) is 0 Å². The normalized spacial score (nSPS) is 9.85. The molecule has 0 unspecified atom stereocenters. The van der Waals surface area contributed by atoms with Crippen molar-refractivity contribution in [2.24, 2.45) is 0 Å². The van der Waals surface area contributed by atoms with Gasteiger partial charge in [0.05, 0.1) is 27.7 Å². The highest BCUT2D eigenvalue weighted by Gasteiger charge is 2.14. The standard InChI is InChI=1S/C8H5Cl3O2/c1-13-8(12)4-2-3-5(9)7(11)6(4)10/h2-3H,1H3. The highest BCUT2D eigenvalue weighted by Crippen LogP contribution is 2.32. The summed E-state index contributed by atoms with van der Waals surface area (Å²) in [5.74, 6) is -0.538. The van der Waals surface area contributed by atoms with E-state index in [4.69, 9.17) is 34.8 Å². The Hall–Kier alpha value is -0.440. The number of carbonyl (C=O) groups is 1. The molecule has 0 radical (unpaired) electrons. The number of hydrogen-bond acceptors (Lipinski definition) is 2. The Balaban J connectivity index is 3.26. The fourth-order valence-electron chi connectivity index (χ4n) is 0.794. The van der Waals surface area contributed by atoms with Gasteiger partial charge < -0.3 is 4.74 Å². The van der Waals surface area contributed by atoms with Gasteiger partial charge in [-0.2, -0.15) is 0 Å². The van der Waals surface area contributed by atoms with Crippen LogP contribution < -0.4 is 0 Å². The van der Waals surface area contributed by atoms with Crippen LogP contribution in [0.3, 0.4) is 0 Å². The second-order valence-corrected chi connectivity index (χ2v) is 3.38. The van der Waals surface area contributed by atoms with Crippen molar-refractivity contribution < 1.29 is 9.53 Å². The van der Waals surface area contributed by atoms with Crippen molar-refractivity contribution in [3.8, 4) is 0 Å². The smallest absolute Gasteiger partial charge is 0.339 e. The van der Waals surface area contributed by atoms with E-state index in [0.717, 1.165) is 0 Å². The maximum atomic E-state index is 11.1. The first-order valence-corrected chi connectivity index (χ1v) is 4.43. The first-order chi connectivity index (χ1) is 6.07. The number of methoxy groups -OCH3 is 1. The average molecular weight is 239 g/mol. The summed E-state index contributed by atoms with van der Waals surface area (Å²) in [6.07, 6.45) is 0. The summed E-state index contributed by atoms with van der Waals surface area (Å²) >= 11 is 17.1. The summed E-state index contributed by atoms with van der Waals surface area (Å²) in [6, 6.07) is 2.95. The molecule has 1 rings (SSSR count). The van der Waals surface area contributed by atoms with Gasteiger partial charge in [-0.3, -0.25) is 0 Å². The topological polar surface area (TPSA) is 26.3 Å². The van der Waals surface area contributed by atoms with Crippen LogP contribution in [0.2, 0.25) is 15.1 Å². The maximum absolute atomic E-state index is 11.1. The third-order valence-corrected chi connectivity index (χ3v) is 2.73. The minimum Gasteiger partial charge on any atom is -0.465 e. The molecule has 5 heteroatoms. The van der Waals surface area contributed by atoms with Gasteiger partial charge in [0.1, 0.15) is 0 Å². The summed E-state index contributed by atoms with van der Waals surface area (Å²) < 4.78 is 4.49. The number of halogens is 3. The van der Waals surface area contributed by atoms with Gasteiger partial charge in [-0.15, -0.1) is 0 Å². The summed E-state index contributed by atoms with van der Waals surface area (Å²) in [7, 11) is 1.27. The molecule has 0 saturated carbocycles. The highest BCUT2D eigenvalue weighted by molar-refractivity contribution is 6.49. The van der Waals surface area contributed by atoms with Gasteiger partial charge in [0, 0.05) is 0 Å². The molecule has 0 aromatic heterocycles. The molecular formula is C8H5Cl3O2. The molecule has 0 spiro atoms. The zero-order valence-corrected chi connectivity index (χ0v) is 8.87. The second kappa shape index (κ2) is 4.18. The van der Waals surface area contributed by atoms with Crippen LogP contribution in [-0.2, 0) is 4.74 Å².